The number of hydrogen-bond donors (Lipinski definition) is 2. The van der Waals surface area contributed by atoms with Gasteiger partial charge in [-0.2, -0.15) is 0 Å². The van der Waals surface area contributed by atoms with Crippen molar-refractivity contribution in [3.05, 3.63) is 18.6 Å². The number of fused-ring (bicyclic) bond motifs is 1. The summed E-state index contributed by atoms with van der Waals surface area (Å²) in [5, 5.41) is 3.18. The first-order chi connectivity index (χ1) is 6.68. The average Bonchev–Trinajstić information content (AvgIpc) is 2.49. The second-order valence-corrected chi connectivity index (χ2v) is 3.23. The summed E-state index contributed by atoms with van der Waals surface area (Å²) in [6.45, 7) is 0. The van der Waals surface area contributed by atoms with Gasteiger partial charge in [0.05, 0.1) is 5.39 Å². The van der Waals surface area contributed by atoms with Crippen LogP contribution < -0.4 is 11.1 Å². The van der Waals surface area contributed by atoms with E-state index in [1.807, 2.05) is 0 Å². The van der Waals surface area contributed by atoms with E-state index in [1.165, 1.54) is 6.33 Å². The van der Waals surface area contributed by atoms with Gasteiger partial charge in [0, 0.05) is 6.20 Å². The van der Waals surface area contributed by atoms with Gasteiger partial charge in [-0.1, -0.05) is 0 Å². The highest BCUT2D eigenvalue weighted by atomic mass is 31.0. The SMILES string of the molecule is NC(=O)Nc1ncnc2c1ccn2P. The summed E-state index contributed by atoms with van der Waals surface area (Å²) in [4.78, 5) is 18.6. The van der Waals surface area contributed by atoms with Gasteiger partial charge in [-0.15, -0.1) is 0 Å². The Balaban J connectivity index is 2.59. The fourth-order valence-electron chi connectivity index (χ4n) is 1.19. The fourth-order valence-corrected chi connectivity index (χ4v) is 1.48. The second-order valence-electron chi connectivity index (χ2n) is 2.67. The Labute approximate surface area is 81.8 Å². The van der Waals surface area contributed by atoms with Gasteiger partial charge in [0.25, 0.3) is 0 Å². The van der Waals surface area contributed by atoms with Gasteiger partial charge in [0.2, 0.25) is 0 Å². The molecule has 2 aromatic rings. The van der Waals surface area contributed by atoms with Crippen LogP contribution in [0, 0.1) is 0 Å². The third kappa shape index (κ3) is 1.40. The molecule has 72 valence electrons. The van der Waals surface area contributed by atoms with Crippen LogP contribution in [0.2, 0.25) is 0 Å². The van der Waals surface area contributed by atoms with E-state index in [0.717, 1.165) is 5.39 Å². The third-order valence-corrected chi connectivity index (χ3v) is 2.17. The van der Waals surface area contributed by atoms with E-state index in [9.17, 15) is 4.79 Å². The lowest BCUT2D eigenvalue weighted by molar-refractivity contribution is 0.259. The average molecular weight is 209 g/mol. The second kappa shape index (κ2) is 3.23. The molecule has 0 aliphatic rings. The number of hydrogen-bond acceptors (Lipinski definition) is 3. The molecular weight excluding hydrogens is 201 g/mol. The van der Waals surface area contributed by atoms with Gasteiger partial charge in [-0.25, -0.2) is 14.8 Å². The molecule has 2 rings (SSSR count). The smallest absolute Gasteiger partial charge is 0.317 e. The van der Waals surface area contributed by atoms with Gasteiger partial charge in [-0.3, -0.25) is 5.32 Å². The fraction of sp³-hybridized carbons (Fsp3) is 0. The van der Waals surface area contributed by atoms with Crippen molar-refractivity contribution >= 4 is 32.3 Å². The molecule has 0 aromatic carbocycles. The van der Waals surface area contributed by atoms with Crippen LogP contribution in [0.15, 0.2) is 18.6 Å². The largest absolute Gasteiger partial charge is 0.351 e. The standard InChI is InChI=1S/C7H8N5OP/c8-7(13)11-5-4-1-2-12(14)6(4)10-3-9-5/h1-3H,14H2,(H3,8,9,10,11,13). The van der Waals surface area contributed by atoms with Crippen molar-refractivity contribution in [2.75, 3.05) is 5.32 Å². The quantitative estimate of drug-likeness (QED) is 0.673. The van der Waals surface area contributed by atoms with E-state index < -0.39 is 6.03 Å². The Hall–Kier alpha value is -1.68. The van der Waals surface area contributed by atoms with Crippen molar-refractivity contribution in [3.8, 4) is 0 Å². The topological polar surface area (TPSA) is 85.8 Å². The first-order valence-corrected chi connectivity index (χ1v) is 4.33. The lowest BCUT2D eigenvalue weighted by Gasteiger charge is -2.01. The molecule has 3 N–H and O–H groups in total. The molecular formula is C7H8N5OP. The first kappa shape index (κ1) is 8.90. The predicted octanol–water partition coefficient (Wildman–Crippen LogP) is 0.560. The predicted molar refractivity (Wildman–Crippen MR) is 55.8 cm³/mol. The van der Waals surface area contributed by atoms with Crippen LogP contribution in [0.3, 0.4) is 0 Å². The minimum absolute atomic E-state index is 0.420. The number of anilines is 1. The number of nitrogens with two attached hydrogens (primary N) is 1. The van der Waals surface area contributed by atoms with E-state index in [2.05, 4.69) is 24.7 Å². The highest BCUT2D eigenvalue weighted by Crippen LogP contribution is 2.21. The van der Waals surface area contributed by atoms with Crippen LogP contribution in [-0.4, -0.2) is 20.3 Å². The van der Waals surface area contributed by atoms with E-state index in [0.29, 0.717) is 11.5 Å². The summed E-state index contributed by atoms with van der Waals surface area (Å²) >= 11 is 0. The lowest BCUT2D eigenvalue weighted by Crippen LogP contribution is -2.20. The molecule has 2 heterocycles. The number of carbonyl (C=O) groups is 1. The van der Waals surface area contributed by atoms with E-state index in [1.54, 1.807) is 16.6 Å². The minimum atomic E-state index is -0.637. The number of primary amides is 1. The number of nitrogens with one attached hydrogen (secondary N) is 1. The molecule has 2 amide bonds. The Morgan fingerprint density at radius 2 is 2.36 bits per heavy atom. The van der Waals surface area contributed by atoms with Crippen molar-refractivity contribution in [3.63, 3.8) is 0 Å². The molecule has 6 nitrogen and oxygen atoms in total. The molecule has 0 saturated heterocycles. The van der Waals surface area contributed by atoms with Crippen molar-refractivity contribution in [1.29, 1.82) is 0 Å². The van der Waals surface area contributed by atoms with Crippen LogP contribution in [0.5, 0.6) is 0 Å². The van der Waals surface area contributed by atoms with Crippen LogP contribution in [0.25, 0.3) is 11.0 Å². The minimum Gasteiger partial charge on any atom is -0.351 e. The zero-order valence-corrected chi connectivity index (χ0v) is 8.29. The van der Waals surface area contributed by atoms with Crippen molar-refractivity contribution in [2.24, 2.45) is 5.73 Å². The Morgan fingerprint density at radius 1 is 1.57 bits per heavy atom. The van der Waals surface area contributed by atoms with Crippen LogP contribution >= 0.6 is 9.39 Å². The van der Waals surface area contributed by atoms with Crippen LogP contribution in [0.1, 0.15) is 0 Å². The number of carbonyl (C=O) groups excluding carboxylic acids is 1. The highest BCUT2D eigenvalue weighted by Gasteiger charge is 2.07. The molecule has 14 heavy (non-hydrogen) atoms. The molecule has 2 aromatic heterocycles. The number of urea groups is 1. The number of aromatic nitrogens is 3. The van der Waals surface area contributed by atoms with Crippen LogP contribution in [-0.2, 0) is 0 Å². The van der Waals surface area contributed by atoms with Crippen LogP contribution in [0.4, 0.5) is 10.6 Å². The van der Waals surface area contributed by atoms with Gasteiger partial charge < -0.3 is 10.1 Å². The summed E-state index contributed by atoms with van der Waals surface area (Å²) in [5.41, 5.74) is 5.72. The molecule has 0 spiro atoms. The molecule has 0 fully saturated rings. The van der Waals surface area contributed by atoms with Crippen molar-refractivity contribution in [2.45, 2.75) is 0 Å². The van der Waals surface area contributed by atoms with Gasteiger partial charge in [-0.05, 0) is 15.5 Å². The van der Waals surface area contributed by atoms with E-state index >= 15 is 0 Å². The summed E-state index contributed by atoms with van der Waals surface area (Å²) < 4.78 is 1.75. The molecule has 0 aliphatic heterocycles. The molecule has 0 saturated carbocycles. The van der Waals surface area contributed by atoms with E-state index in [-0.39, 0.29) is 0 Å². The number of rotatable bonds is 1. The normalized spacial score (nSPS) is 10.4. The summed E-state index contributed by atoms with van der Waals surface area (Å²) in [5.74, 6) is 0.420. The van der Waals surface area contributed by atoms with Crippen molar-refractivity contribution in [1.82, 2.24) is 14.3 Å². The Morgan fingerprint density at radius 3 is 3.07 bits per heavy atom. The summed E-state index contributed by atoms with van der Waals surface area (Å²) in [6, 6.07) is 1.16. The summed E-state index contributed by atoms with van der Waals surface area (Å²) in [6.07, 6.45) is 3.17. The van der Waals surface area contributed by atoms with Gasteiger partial charge in [0.1, 0.15) is 17.8 Å². The Bertz CT molecular complexity index is 494. The maximum atomic E-state index is 10.7. The molecule has 0 bridgehead atoms. The number of amides is 2. The molecule has 0 aliphatic carbocycles. The monoisotopic (exact) mass is 209 g/mol. The zero-order valence-electron chi connectivity index (χ0n) is 7.14. The number of nitrogens with zero attached hydrogens (tertiary/aromatic N) is 3. The lowest BCUT2D eigenvalue weighted by atomic mass is 10.4. The molecule has 0 radical (unpaired) electrons. The maximum absolute atomic E-state index is 10.7. The Kier molecular flexibility index (Phi) is 2.05. The molecule has 7 heteroatoms. The summed E-state index contributed by atoms with van der Waals surface area (Å²) in [7, 11) is 2.48. The van der Waals surface area contributed by atoms with E-state index in [4.69, 9.17) is 5.73 Å². The first-order valence-electron chi connectivity index (χ1n) is 3.82. The zero-order chi connectivity index (χ0) is 10.1. The molecule has 1 atom stereocenters. The van der Waals surface area contributed by atoms with Crippen molar-refractivity contribution < 1.29 is 4.79 Å². The highest BCUT2D eigenvalue weighted by molar-refractivity contribution is 7.14. The van der Waals surface area contributed by atoms with Gasteiger partial charge in [0.15, 0.2) is 0 Å². The molecule has 1 unspecified atom stereocenters. The third-order valence-electron chi connectivity index (χ3n) is 1.75. The maximum Gasteiger partial charge on any atom is 0.317 e. The van der Waals surface area contributed by atoms with Gasteiger partial charge >= 0.3 is 6.03 Å².